The van der Waals surface area contributed by atoms with Gasteiger partial charge in [0.05, 0.1) is 25.2 Å². The van der Waals surface area contributed by atoms with Crippen molar-refractivity contribution in [1.29, 1.82) is 0 Å². The molecular weight excluding hydrogens is 330 g/mol. The van der Waals surface area contributed by atoms with Gasteiger partial charge < -0.3 is 18.5 Å². The van der Waals surface area contributed by atoms with Gasteiger partial charge in [-0.1, -0.05) is 0 Å². The number of esters is 1. The Bertz CT molecular complexity index is 688. The second kappa shape index (κ2) is 5.96. The van der Waals surface area contributed by atoms with Gasteiger partial charge in [0.1, 0.15) is 11.5 Å². The number of halogens is 1. The van der Waals surface area contributed by atoms with Gasteiger partial charge in [0.15, 0.2) is 0 Å². The fourth-order valence-electron chi connectivity index (χ4n) is 1.65. The molecule has 0 aromatic carbocycles. The number of nitrogens with zero attached hydrogens (tertiary/aromatic N) is 1. The summed E-state index contributed by atoms with van der Waals surface area (Å²) in [6, 6.07) is 4.50. The molecule has 0 unspecified atom stereocenters. The smallest absolute Gasteiger partial charge is 0.373 e. The van der Waals surface area contributed by atoms with Crippen LogP contribution in [0.2, 0.25) is 0 Å². The van der Waals surface area contributed by atoms with Crippen molar-refractivity contribution >= 4 is 21.9 Å². The van der Waals surface area contributed by atoms with Crippen LogP contribution in [-0.4, -0.2) is 24.8 Å². The quantitative estimate of drug-likeness (QED) is 0.796. The molecule has 2 rings (SSSR count). The first-order valence-electron chi connectivity index (χ1n) is 5.66. The largest absolute Gasteiger partial charge is 0.495 e. The molecule has 2 aromatic rings. The van der Waals surface area contributed by atoms with Gasteiger partial charge in [-0.15, -0.1) is 0 Å². The minimum Gasteiger partial charge on any atom is -0.495 e. The first-order chi connectivity index (χ1) is 9.55. The van der Waals surface area contributed by atoms with Gasteiger partial charge in [0, 0.05) is 12.3 Å². The molecule has 0 atom stereocenters. The molecular formula is C13H12BrNO5. The van der Waals surface area contributed by atoms with E-state index in [0.29, 0.717) is 16.0 Å². The molecule has 106 valence electrons. The first-order valence-corrected chi connectivity index (χ1v) is 6.45. The molecule has 0 spiro atoms. The van der Waals surface area contributed by atoms with Crippen molar-refractivity contribution in [1.82, 2.24) is 4.57 Å². The number of methoxy groups -OCH3 is 2. The predicted octanol–water partition coefficient (Wildman–Crippen LogP) is 2.05. The molecule has 0 aliphatic rings. The van der Waals surface area contributed by atoms with E-state index in [0.717, 1.165) is 0 Å². The summed E-state index contributed by atoms with van der Waals surface area (Å²) in [5, 5.41) is 0. The van der Waals surface area contributed by atoms with Gasteiger partial charge in [-0.05, 0) is 28.1 Å². The molecule has 0 amide bonds. The van der Waals surface area contributed by atoms with Gasteiger partial charge in [0.25, 0.3) is 5.56 Å². The number of aromatic nitrogens is 1. The first kappa shape index (κ1) is 14.4. The molecule has 2 heterocycles. The van der Waals surface area contributed by atoms with Crippen LogP contribution in [0.5, 0.6) is 5.75 Å². The maximum absolute atomic E-state index is 11.9. The van der Waals surface area contributed by atoms with E-state index in [1.54, 1.807) is 12.3 Å². The standard InChI is InChI=1S/C13H12BrNO5/c1-18-11-5-12(16)15(7-9(11)14)6-8-3-4-10(20-8)13(17)19-2/h3-5,7H,6H2,1-2H3. The summed E-state index contributed by atoms with van der Waals surface area (Å²) in [4.78, 5) is 23.2. The summed E-state index contributed by atoms with van der Waals surface area (Å²) in [5.41, 5.74) is -0.235. The predicted molar refractivity (Wildman–Crippen MR) is 74.1 cm³/mol. The van der Waals surface area contributed by atoms with E-state index < -0.39 is 5.97 Å². The monoisotopic (exact) mass is 341 g/mol. The Morgan fingerprint density at radius 2 is 2.15 bits per heavy atom. The summed E-state index contributed by atoms with van der Waals surface area (Å²) >= 11 is 3.31. The van der Waals surface area contributed by atoms with Crippen molar-refractivity contribution in [3.8, 4) is 5.75 Å². The van der Waals surface area contributed by atoms with Crippen molar-refractivity contribution in [2.75, 3.05) is 14.2 Å². The highest BCUT2D eigenvalue weighted by Gasteiger charge is 2.12. The highest BCUT2D eigenvalue weighted by atomic mass is 79.9. The molecule has 0 N–H and O–H groups in total. The Hall–Kier alpha value is -2.02. The number of ether oxygens (including phenoxy) is 2. The van der Waals surface area contributed by atoms with Crippen LogP contribution in [-0.2, 0) is 11.3 Å². The summed E-state index contributed by atoms with van der Waals surface area (Å²) < 4.78 is 17.0. The molecule has 0 radical (unpaired) electrons. The fraction of sp³-hybridized carbons (Fsp3) is 0.231. The van der Waals surface area contributed by atoms with Crippen LogP contribution in [0.1, 0.15) is 16.3 Å². The second-order valence-electron chi connectivity index (χ2n) is 3.91. The molecule has 7 heteroatoms. The van der Waals surface area contributed by atoms with Crippen molar-refractivity contribution in [3.63, 3.8) is 0 Å². The van der Waals surface area contributed by atoms with Gasteiger partial charge >= 0.3 is 5.97 Å². The molecule has 0 saturated carbocycles. The van der Waals surface area contributed by atoms with Crippen LogP contribution in [0.4, 0.5) is 0 Å². The summed E-state index contributed by atoms with van der Waals surface area (Å²) in [6.45, 7) is 0.207. The van der Waals surface area contributed by atoms with Crippen molar-refractivity contribution in [2.24, 2.45) is 0 Å². The molecule has 0 fully saturated rings. The Kier molecular flexibility index (Phi) is 4.29. The minimum absolute atomic E-state index is 0.100. The molecule has 0 saturated heterocycles. The van der Waals surface area contributed by atoms with E-state index in [2.05, 4.69) is 20.7 Å². The van der Waals surface area contributed by atoms with Gasteiger partial charge in [-0.25, -0.2) is 4.79 Å². The Labute approximate surface area is 123 Å². The molecule has 2 aromatic heterocycles. The van der Waals surface area contributed by atoms with Crippen molar-refractivity contribution < 1.29 is 18.7 Å². The van der Waals surface area contributed by atoms with E-state index in [4.69, 9.17) is 9.15 Å². The maximum atomic E-state index is 11.9. The van der Waals surface area contributed by atoms with E-state index in [1.807, 2.05) is 0 Å². The lowest BCUT2D eigenvalue weighted by Crippen LogP contribution is -2.19. The maximum Gasteiger partial charge on any atom is 0.373 e. The topological polar surface area (TPSA) is 70.7 Å². The molecule has 0 aliphatic heterocycles. The number of carbonyl (C=O) groups is 1. The Morgan fingerprint density at radius 3 is 2.80 bits per heavy atom. The fourth-order valence-corrected chi connectivity index (χ4v) is 2.17. The third-order valence-electron chi connectivity index (χ3n) is 2.64. The molecule has 0 aliphatic carbocycles. The number of hydrogen-bond acceptors (Lipinski definition) is 5. The number of furan rings is 1. The van der Waals surface area contributed by atoms with Crippen LogP contribution < -0.4 is 10.3 Å². The third kappa shape index (κ3) is 2.93. The molecule has 6 nitrogen and oxygen atoms in total. The lowest BCUT2D eigenvalue weighted by atomic mass is 10.4. The van der Waals surface area contributed by atoms with E-state index in [9.17, 15) is 9.59 Å². The van der Waals surface area contributed by atoms with Crippen LogP contribution in [0.15, 0.2) is 38.1 Å². The van der Waals surface area contributed by atoms with E-state index >= 15 is 0 Å². The van der Waals surface area contributed by atoms with E-state index in [1.165, 1.54) is 30.9 Å². The zero-order valence-corrected chi connectivity index (χ0v) is 12.5. The Balaban J connectivity index is 2.26. The van der Waals surface area contributed by atoms with Gasteiger partial charge in [-0.2, -0.15) is 0 Å². The highest BCUT2D eigenvalue weighted by Crippen LogP contribution is 2.22. The van der Waals surface area contributed by atoms with Crippen LogP contribution >= 0.6 is 15.9 Å². The van der Waals surface area contributed by atoms with Crippen molar-refractivity contribution in [2.45, 2.75) is 6.54 Å². The van der Waals surface area contributed by atoms with Crippen molar-refractivity contribution in [3.05, 3.63) is 50.7 Å². The summed E-state index contributed by atoms with van der Waals surface area (Å²) in [5.74, 6) is 0.480. The summed E-state index contributed by atoms with van der Waals surface area (Å²) in [6.07, 6.45) is 1.60. The zero-order chi connectivity index (χ0) is 14.7. The number of pyridine rings is 1. The lowest BCUT2D eigenvalue weighted by Gasteiger charge is -2.07. The molecule has 0 bridgehead atoms. The zero-order valence-electron chi connectivity index (χ0n) is 10.9. The van der Waals surface area contributed by atoms with Gasteiger partial charge in [-0.3, -0.25) is 4.79 Å². The number of hydrogen-bond donors (Lipinski definition) is 0. The summed E-state index contributed by atoms with van der Waals surface area (Å²) in [7, 11) is 2.76. The average molecular weight is 342 g/mol. The van der Waals surface area contributed by atoms with Crippen LogP contribution in [0, 0.1) is 0 Å². The minimum atomic E-state index is -0.556. The normalized spacial score (nSPS) is 10.3. The number of rotatable bonds is 4. The van der Waals surface area contributed by atoms with Gasteiger partial charge in [0.2, 0.25) is 5.76 Å². The van der Waals surface area contributed by atoms with E-state index in [-0.39, 0.29) is 17.9 Å². The highest BCUT2D eigenvalue weighted by molar-refractivity contribution is 9.10. The second-order valence-corrected chi connectivity index (χ2v) is 4.77. The Morgan fingerprint density at radius 1 is 1.40 bits per heavy atom. The third-order valence-corrected chi connectivity index (χ3v) is 3.23. The van der Waals surface area contributed by atoms with Crippen LogP contribution in [0.3, 0.4) is 0 Å². The SMILES string of the molecule is COC(=O)c1ccc(Cn2cc(Br)c(OC)cc2=O)o1. The number of carbonyl (C=O) groups excluding carboxylic acids is 1. The average Bonchev–Trinajstić information content (AvgIpc) is 2.90. The molecule has 20 heavy (non-hydrogen) atoms. The van der Waals surface area contributed by atoms with Crippen LogP contribution in [0.25, 0.3) is 0 Å². The lowest BCUT2D eigenvalue weighted by molar-refractivity contribution is 0.0563.